The highest BCUT2D eigenvalue weighted by Crippen LogP contribution is 2.27. The first-order chi connectivity index (χ1) is 10.1. The number of hydrogen-bond donors (Lipinski definition) is 1. The van der Waals surface area contributed by atoms with Crippen molar-refractivity contribution >= 4 is 11.6 Å². The lowest BCUT2D eigenvalue weighted by Gasteiger charge is -2.35. The summed E-state index contributed by atoms with van der Waals surface area (Å²) in [5.74, 6) is 0.891. The molecule has 3 heteroatoms. The van der Waals surface area contributed by atoms with E-state index in [1.807, 2.05) is 19.2 Å². The van der Waals surface area contributed by atoms with Gasteiger partial charge in [0.25, 0.3) is 0 Å². The summed E-state index contributed by atoms with van der Waals surface area (Å²) in [5, 5.41) is 4.24. The van der Waals surface area contributed by atoms with Crippen molar-refractivity contribution in [2.45, 2.75) is 51.1 Å². The van der Waals surface area contributed by atoms with Crippen LogP contribution in [0.15, 0.2) is 24.3 Å². The average Bonchev–Trinajstić information content (AvgIpc) is 2.49. The highest BCUT2D eigenvalue weighted by molar-refractivity contribution is 6.30. The van der Waals surface area contributed by atoms with E-state index in [1.165, 1.54) is 31.2 Å². The fraction of sp³-hybridized carbons (Fsp3) is 0.667. The van der Waals surface area contributed by atoms with Crippen molar-refractivity contribution in [3.05, 3.63) is 34.9 Å². The van der Waals surface area contributed by atoms with Crippen LogP contribution in [0.3, 0.4) is 0 Å². The van der Waals surface area contributed by atoms with Gasteiger partial charge < -0.3 is 10.2 Å². The van der Waals surface area contributed by atoms with Gasteiger partial charge in [-0.15, -0.1) is 0 Å². The molecule has 1 fully saturated rings. The molecule has 0 radical (unpaired) electrons. The predicted octanol–water partition coefficient (Wildman–Crippen LogP) is 4.50. The second kappa shape index (κ2) is 8.17. The van der Waals surface area contributed by atoms with Gasteiger partial charge >= 0.3 is 0 Å². The van der Waals surface area contributed by atoms with Crippen LogP contribution in [0.2, 0.25) is 5.02 Å². The third-order valence-corrected chi connectivity index (χ3v) is 5.18. The summed E-state index contributed by atoms with van der Waals surface area (Å²) in [6, 6.07) is 9.40. The molecule has 2 nitrogen and oxygen atoms in total. The zero-order valence-electron chi connectivity index (χ0n) is 13.6. The molecule has 0 heterocycles. The van der Waals surface area contributed by atoms with Crippen LogP contribution in [-0.2, 0) is 0 Å². The van der Waals surface area contributed by atoms with Crippen LogP contribution in [0, 0.1) is 5.92 Å². The Bertz CT molecular complexity index is 418. The first-order valence-electron chi connectivity index (χ1n) is 8.23. The molecule has 21 heavy (non-hydrogen) atoms. The van der Waals surface area contributed by atoms with Crippen LogP contribution in [0.1, 0.15) is 50.6 Å². The molecule has 0 amide bonds. The summed E-state index contributed by atoms with van der Waals surface area (Å²) < 4.78 is 0. The standard InChI is InChI=1S/C18H29ClN2/c1-14-5-4-6-17(13-14)21(3)12-11-18(20-2)15-7-9-16(19)10-8-15/h7-10,14,17-18,20H,4-6,11-13H2,1-3H3. The van der Waals surface area contributed by atoms with Crippen LogP contribution < -0.4 is 5.32 Å². The van der Waals surface area contributed by atoms with Crippen LogP contribution >= 0.6 is 11.6 Å². The van der Waals surface area contributed by atoms with Gasteiger partial charge in [-0.25, -0.2) is 0 Å². The minimum Gasteiger partial charge on any atom is -0.313 e. The molecule has 0 aliphatic heterocycles. The summed E-state index contributed by atoms with van der Waals surface area (Å²) in [6.07, 6.45) is 6.67. The molecule has 1 aromatic carbocycles. The van der Waals surface area contributed by atoms with Crippen molar-refractivity contribution in [3.63, 3.8) is 0 Å². The smallest absolute Gasteiger partial charge is 0.0406 e. The Hall–Kier alpha value is -0.570. The van der Waals surface area contributed by atoms with Gasteiger partial charge in [0.2, 0.25) is 0 Å². The van der Waals surface area contributed by atoms with Gasteiger partial charge in [0.15, 0.2) is 0 Å². The van der Waals surface area contributed by atoms with Crippen LogP contribution in [0.5, 0.6) is 0 Å². The first kappa shape index (κ1) is 16.8. The topological polar surface area (TPSA) is 15.3 Å². The highest BCUT2D eigenvalue weighted by Gasteiger charge is 2.22. The number of halogens is 1. The van der Waals surface area contributed by atoms with E-state index in [-0.39, 0.29) is 0 Å². The third kappa shape index (κ3) is 4.98. The Labute approximate surface area is 134 Å². The van der Waals surface area contributed by atoms with E-state index in [4.69, 9.17) is 11.6 Å². The fourth-order valence-electron chi connectivity index (χ4n) is 3.49. The number of nitrogens with one attached hydrogen (secondary N) is 1. The lowest BCUT2D eigenvalue weighted by atomic mass is 9.86. The van der Waals surface area contributed by atoms with Gasteiger partial charge in [0.1, 0.15) is 0 Å². The van der Waals surface area contributed by atoms with E-state index in [1.54, 1.807) is 0 Å². The first-order valence-corrected chi connectivity index (χ1v) is 8.61. The zero-order chi connectivity index (χ0) is 15.2. The molecule has 0 saturated heterocycles. The fourth-order valence-corrected chi connectivity index (χ4v) is 3.62. The Morgan fingerprint density at radius 1 is 1.29 bits per heavy atom. The van der Waals surface area contributed by atoms with Crippen LogP contribution in [-0.4, -0.2) is 31.6 Å². The Morgan fingerprint density at radius 2 is 2.00 bits per heavy atom. The van der Waals surface area contributed by atoms with E-state index in [9.17, 15) is 0 Å². The molecule has 1 N–H and O–H groups in total. The van der Waals surface area contributed by atoms with E-state index in [0.717, 1.165) is 29.9 Å². The normalized spacial score (nSPS) is 24.2. The summed E-state index contributed by atoms with van der Waals surface area (Å²) in [5.41, 5.74) is 1.33. The minimum atomic E-state index is 0.408. The number of nitrogens with zero attached hydrogens (tertiary/aromatic N) is 1. The van der Waals surface area contributed by atoms with Crippen molar-refractivity contribution in [1.29, 1.82) is 0 Å². The quantitative estimate of drug-likeness (QED) is 0.832. The SMILES string of the molecule is CNC(CCN(C)C1CCCC(C)C1)c1ccc(Cl)cc1. The molecule has 118 valence electrons. The van der Waals surface area contributed by atoms with E-state index in [2.05, 4.69) is 36.3 Å². The highest BCUT2D eigenvalue weighted by atomic mass is 35.5. The molecule has 1 aliphatic rings. The van der Waals surface area contributed by atoms with Crippen molar-refractivity contribution in [2.75, 3.05) is 20.6 Å². The zero-order valence-corrected chi connectivity index (χ0v) is 14.4. The molecule has 0 aromatic heterocycles. The maximum atomic E-state index is 5.97. The number of benzene rings is 1. The van der Waals surface area contributed by atoms with E-state index in [0.29, 0.717) is 6.04 Å². The Morgan fingerprint density at radius 3 is 2.62 bits per heavy atom. The van der Waals surface area contributed by atoms with Gasteiger partial charge in [0, 0.05) is 17.1 Å². The lowest BCUT2D eigenvalue weighted by Crippen LogP contribution is -2.37. The van der Waals surface area contributed by atoms with Gasteiger partial charge in [-0.3, -0.25) is 0 Å². The molecule has 1 saturated carbocycles. The second-order valence-electron chi connectivity index (χ2n) is 6.59. The summed E-state index contributed by atoms with van der Waals surface area (Å²) in [7, 11) is 4.33. The van der Waals surface area contributed by atoms with Crippen LogP contribution in [0.25, 0.3) is 0 Å². The predicted molar refractivity (Wildman–Crippen MR) is 91.9 cm³/mol. The maximum Gasteiger partial charge on any atom is 0.0406 e. The monoisotopic (exact) mass is 308 g/mol. The van der Waals surface area contributed by atoms with Crippen molar-refractivity contribution in [1.82, 2.24) is 10.2 Å². The van der Waals surface area contributed by atoms with Crippen LogP contribution in [0.4, 0.5) is 0 Å². The Kier molecular flexibility index (Phi) is 6.53. The second-order valence-corrected chi connectivity index (χ2v) is 7.02. The van der Waals surface area contributed by atoms with Gasteiger partial charge in [-0.1, -0.05) is 43.5 Å². The molecular weight excluding hydrogens is 280 g/mol. The van der Waals surface area contributed by atoms with Gasteiger partial charge in [0.05, 0.1) is 0 Å². The van der Waals surface area contributed by atoms with E-state index >= 15 is 0 Å². The van der Waals surface area contributed by atoms with Crippen molar-refractivity contribution in [2.24, 2.45) is 5.92 Å². The molecule has 0 spiro atoms. The molecule has 3 unspecified atom stereocenters. The van der Waals surface area contributed by atoms with Gasteiger partial charge in [-0.05, 0) is 63.5 Å². The molecule has 2 rings (SSSR count). The third-order valence-electron chi connectivity index (χ3n) is 4.92. The molecule has 1 aliphatic carbocycles. The van der Waals surface area contributed by atoms with Crippen molar-refractivity contribution < 1.29 is 0 Å². The largest absolute Gasteiger partial charge is 0.313 e. The number of hydrogen-bond acceptors (Lipinski definition) is 2. The molecule has 0 bridgehead atoms. The lowest BCUT2D eigenvalue weighted by molar-refractivity contribution is 0.158. The average molecular weight is 309 g/mol. The van der Waals surface area contributed by atoms with Gasteiger partial charge in [-0.2, -0.15) is 0 Å². The summed E-state index contributed by atoms with van der Waals surface area (Å²) in [6.45, 7) is 3.54. The molecular formula is C18H29ClN2. The maximum absolute atomic E-state index is 5.97. The summed E-state index contributed by atoms with van der Waals surface area (Å²) >= 11 is 5.97. The Balaban J connectivity index is 1.86. The molecule has 3 atom stereocenters. The summed E-state index contributed by atoms with van der Waals surface area (Å²) in [4.78, 5) is 2.57. The van der Waals surface area contributed by atoms with Crippen molar-refractivity contribution in [3.8, 4) is 0 Å². The molecule has 1 aromatic rings. The number of rotatable bonds is 6. The van der Waals surface area contributed by atoms with E-state index < -0.39 is 0 Å². The minimum absolute atomic E-state index is 0.408.